The lowest BCUT2D eigenvalue weighted by atomic mass is 9.99. The topological polar surface area (TPSA) is 155 Å². The Hall–Kier alpha value is -11.3. The number of halogens is 2. The Bertz CT molecular complexity index is 5900. The molecule has 0 saturated carbocycles. The summed E-state index contributed by atoms with van der Waals surface area (Å²) in [4.78, 5) is 69.9. The zero-order valence-electron chi connectivity index (χ0n) is 63.9. The van der Waals surface area contributed by atoms with E-state index in [-0.39, 0.29) is 11.6 Å². The molecule has 18 aromatic rings. The van der Waals surface area contributed by atoms with Gasteiger partial charge in [-0.15, -0.1) is 56.7 Å². The number of rotatable bonds is 11. The number of thiophene rings is 5. The monoisotopic (exact) mass is 1550 g/mol. The first-order valence-electron chi connectivity index (χ1n) is 36.7. The minimum absolute atomic E-state index is 0.302. The molecule has 12 heterocycles. The molecule has 0 spiro atoms. The first-order valence-corrected chi connectivity index (χ1v) is 40.8. The Labute approximate surface area is 665 Å². The van der Waals surface area contributed by atoms with Crippen LogP contribution >= 0.6 is 56.7 Å². The van der Waals surface area contributed by atoms with Crippen LogP contribution in [0.25, 0.3) is 145 Å². The average Bonchev–Trinajstić information content (AvgIpc) is 1.67. The lowest BCUT2D eigenvalue weighted by Crippen LogP contribution is -2.05. The number of nitrogens with zero attached hydrogens (tertiary/aromatic N) is 12. The number of hydrogen-bond donors (Lipinski definition) is 0. The molecule has 0 amide bonds. The summed E-state index contributed by atoms with van der Waals surface area (Å²) in [6, 6.07) is 65.3. The van der Waals surface area contributed by atoms with Gasteiger partial charge in [-0.1, -0.05) is 154 Å². The van der Waals surface area contributed by atoms with E-state index in [1.807, 2.05) is 118 Å². The van der Waals surface area contributed by atoms with Crippen LogP contribution in [0.1, 0.15) is 80.4 Å². The normalized spacial score (nSPS) is 11.4. The number of fused-ring (bicyclic) bond motifs is 5. The van der Waals surface area contributed by atoms with Crippen molar-refractivity contribution in [1.82, 2.24) is 59.8 Å². The maximum absolute atomic E-state index is 13.3. The van der Waals surface area contributed by atoms with Gasteiger partial charge in [0.25, 0.3) is 0 Å². The Kier molecular flexibility index (Phi) is 23.3. The second-order valence-corrected chi connectivity index (χ2v) is 34.3. The van der Waals surface area contributed by atoms with Gasteiger partial charge in [0, 0.05) is 94.5 Å². The van der Waals surface area contributed by atoms with Crippen molar-refractivity contribution < 1.29 is 8.78 Å². The van der Waals surface area contributed by atoms with Gasteiger partial charge in [-0.3, -0.25) is 9.97 Å². The minimum atomic E-state index is -0.302. The Morgan fingerprint density at radius 2 is 0.505 bits per heavy atom. The van der Waals surface area contributed by atoms with E-state index in [1.54, 1.807) is 93.3 Å². The third-order valence-corrected chi connectivity index (χ3v) is 24.1. The van der Waals surface area contributed by atoms with Crippen molar-refractivity contribution in [2.45, 2.75) is 103 Å². The standard InChI is InChI=1S/C20H14F2N2S.C20H16N2S.C19H22N2S.C18H14N4S.C15H14N2S/c1-11-17-18(12(2)25-11)24-20(14-5-9-16(22)10-6-14)19(23-17)13-3-7-15(21)8-4-13;1-13-17-18(14(2)23-13)22-20(16-11-7-4-8-12-16)19(21-17)15-9-5-3-6-10-15;1-5-12(2)11-16-19(15-9-7-6-8-10-15)21-18-14(4)22-13(3)17(18)20-16;1-11-15-16(12(2)23-11)22-18(14-8-4-6-10-20-14)17(21-15)13-7-3-5-9-19-13;1-9-13(12-7-5-4-6-8-12)17-15-11(3)18-10(2)14(15)16-9/h3-10H,1-2H3;3-12H,1-2H3;6-10,12H,5,11H2,1-4H3;3-10H,1-2H3;4-8H,1-3H3. The van der Waals surface area contributed by atoms with E-state index in [4.69, 9.17) is 49.8 Å². The molecule has 0 bridgehead atoms. The molecule has 1 unspecified atom stereocenters. The molecule has 0 radical (unpaired) electrons. The summed E-state index contributed by atoms with van der Waals surface area (Å²) in [5.41, 5.74) is 26.5. The second kappa shape index (κ2) is 33.9. The zero-order chi connectivity index (χ0) is 77.6. The van der Waals surface area contributed by atoms with Crippen molar-refractivity contribution in [2.75, 3.05) is 0 Å². The van der Waals surface area contributed by atoms with Crippen LogP contribution in [-0.2, 0) is 6.42 Å². The summed E-state index contributed by atoms with van der Waals surface area (Å²) in [6.07, 6.45) is 5.69. The van der Waals surface area contributed by atoms with Crippen LogP contribution in [-0.4, -0.2) is 59.8 Å². The summed E-state index contributed by atoms with van der Waals surface area (Å²) >= 11 is 8.70. The predicted molar refractivity (Wildman–Crippen MR) is 461 cm³/mol. The summed E-state index contributed by atoms with van der Waals surface area (Å²) < 4.78 is 26.6. The molecule has 12 aromatic heterocycles. The van der Waals surface area contributed by atoms with Gasteiger partial charge in [0.1, 0.15) is 78.2 Å². The Morgan fingerprint density at radius 3 is 0.802 bits per heavy atom. The fourth-order valence-corrected chi connectivity index (χ4v) is 18.0. The predicted octanol–water partition coefficient (Wildman–Crippen LogP) is 25.8. The maximum Gasteiger partial charge on any atom is 0.123 e. The van der Waals surface area contributed by atoms with Crippen LogP contribution in [0.5, 0.6) is 0 Å². The van der Waals surface area contributed by atoms with E-state index in [9.17, 15) is 8.78 Å². The van der Waals surface area contributed by atoms with Gasteiger partial charge < -0.3 is 0 Å². The lowest BCUT2D eigenvalue weighted by Gasteiger charge is -2.13. The molecule has 12 nitrogen and oxygen atoms in total. The van der Waals surface area contributed by atoms with Gasteiger partial charge in [-0.25, -0.2) is 58.6 Å². The van der Waals surface area contributed by atoms with Gasteiger partial charge in [-0.05, 0) is 161 Å². The molecule has 0 fully saturated rings. The van der Waals surface area contributed by atoms with E-state index >= 15 is 0 Å². The molecule has 0 aliphatic heterocycles. The number of benzene rings is 6. The van der Waals surface area contributed by atoms with Crippen molar-refractivity contribution in [3.63, 3.8) is 0 Å². The molecule has 19 heteroatoms. The van der Waals surface area contributed by atoms with Crippen LogP contribution in [0.2, 0.25) is 0 Å². The highest BCUT2D eigenvalue weighted by molar-refractivity contribution is 7.14. The van der Waals surface area contributed by atoms with Crippen LogP contribution in [0.3, 0.4) is 0 Å². The third-order valence-electron chi connectivity index (χ3n) is 19.1. The maximum atomic E-state index is 13.3. The Morgan fingerprint density at radius 1 is 0.261 bits per heavy atom. The van der Waals surface area contributed by atoms with E-state index in [1.165, 1.54) is 68.8 Å². The summed E-state index contributed by atoms with van der Waals surface area (Å²) in [5, 5.41) is 0. The van der Waals surface area contributed by atoms with Crippen LogP contribution in [0, 0.1) is 93.7 Å². The fraction of sp³-hybridized carbons (Fsp3) is 0.174. The summed E-state index contributed by atoms with van der Waals surface area (Å²) in [5.74, 6) is 0.0154. The minimum Gasteiger partial charge on any atom is -0.255 e. The molecular weight excluding hydrogens is 1470 g/mol. The molecule has 111 heavy (non-hydrogen) atoms. The molecule has 0 aliphatic carbocycles. The van der Waals surface area contributed by atoms with Crippen molar-refractivity contribution in [3.8, 4) is 90.3 Å². The highest BCUT2D eigenvalue weighted by Gasteiger charge is 2.23. The Balaban J connectivity index is 0.000000116. The molecule has 552 valence electrons. The number of hydrogen-bond acceptors (Lipinski definition) is 17. The molecule has 6 aromatic carbocycles. The quantitative estimate of drug-likeness (QED) is 0.121. The largest absolute Gasteiger partial charge is 0.255 e. The zero-order valence-corrected chi connectivity index (χ0v) is 68.0. The SMILES string of the molecule is CCC(C)Cc1nc2c(C)sc(C)c2nc1-c1ccccc1.Cc1nc2c(C)sc(C)c2nc1-c1ccccc1.Cc1sc(C)c2nc(-c3ccc(F)cc3)c(-c3ccc(F)cc3)nc12.Cc1sc(C)c2nc(-c3ccccc3)c(-c3ccccc3)nc12.Cc1sc(C)c2nc(-c3ccccn3)c(-c3ccccn3)nc12. The van der Waals surface area contributed by atoms with Crippen molar-refractivity contribution in [2.24, 2.45) is 5.92 Å². The second-order valence-electron chi connectivity index (χ2n) is 27.1. The van der Waals surface area contributed by atoms with Crippen LogP contribution in [0.15, 0.2) is 219 Å². The summed E-state index contributed by atoms with van der Waals surface area (Å²) in [7, 11) is 0. The smallest absolute Gasteiger partial charge is 0.123 e. The fourth-order valence-electron chi connectivity index (χ4n) is 13.3. The average molecular weight is 1550 g/mol. The van der Waals surface area contributed by atoms with Crippen molar-refractivity contribution in [3.05, 3.63) is 290 Å². The highest BCUT2D eigenvalue weighted by Crippen LogP contribution is 2.40. The lowest BCUT2D eigenvalue weighted by molar-refractivity contribution is 0.553. The van der Waals surface area contributed by atoms with Gasteiger partial charge in [0.05, 0.1) is 56.9 Å². The highest BCUT2D eigenvalue weighted by atomic mass is 32.1. The van der Waals surface area contributed by atoms with Gasteiger partial charge in [0.15, 0.2) is 0 Å². The van der Waals surface area contributed by atoms with E-state index < -0.39 is 0 Å². The molecule has 1 atom stereocenters. The number of aryl methyl sites for hydroxylation is 11. The van der Waals surface area contributed by atoms with Gasteiger partial charge in [0.2, 0.25) is 0 Å². The molecular formula is C92H80F2N12S5. The van der Waals surface area contributed by atoms with Crippen LogP contribution in [0.4, 0.5) is 8.78 Å². The first-order chi connectivity index (χ1) is 53.8. The van der Waals surface area contributed by atoms with Crippen molar-refractivity contribution >= 4 is 112 Å². The van der Waals surface area contributed by atoms with Gasteiger partial charge >= 0.3 is 0 Å². The van der Waals surface area contributed by atoms with Crippen molar-refractivity contribution in [1.29, 1.82) is 0 Å². The molecule has 18 rings (SSSR count). The number of pyridine rings is 2. The first kappa shape index (κ1) is 76.4. The van der Waals surface area contributed by atoms with E-state index in [2.05, 4.69) is 140 Å². The molecule has 0 N–H and O–H groups in total. The number of aromatic nitrogens is 12. The van der Waals surface area contributed by atoms with Gasteiger partial charge in [-0.2, -0.15) is 0 Å². The third kappa shape index (κ3) is 16.7. The summed E-state index contributed by atoms with van der Waals surface area (Å²) in [6.45, 7) is 27.5. The van der Waals surface area contributed by atoms with E-state index in [0.29, 0.717) is 17.3 Å². The van der Waals surface area contributed by atoms with Crippen LogP contribution < -0.4 is 0 Å². The molecule has 0 saturated heterocycles. The van der Waals surface area contributed by atoms with E-state index in [0.717, 1.165) is 163 Å². The molecule has 0 aliphatic rings.